The molecule has 4 heteroatoms. The van der Waals surface area contributed by atoms with Gasteiger partial charge in [0, 0.05) is 38.8 Å². The molecule has 0 bridgehead atoms. The van der Waals surface area contributed by atoms with Crippen molar-refractivity contribution in [2.75, 3.05) is 46.5 Å². The zero-order valence-electron chi connectivity index (χ0n) is 13.5. The predicted molar refractivity (Wildman–Crippen MR) is 82.1 cm³/mol. The fourth-order valence-corrected chi connectivity index (χ4v) is 3.49. The Balaban J connectivity index is 1.88. The Morgan fingerprint density at radius 2 is 2.35 bits per heavy atom. The summed E-state index contributed by atoms with van der Waals surface area (Å²) in [4.78, 5) is 2.58. The first-order valence-electron chi connectivity index (χ1n) is 8.25. The van der Waals surface area contributed by atoms with E-state index in [-0.39, 0.29) is 5.60 Å². The van der Waals surface area contributed by atoms with Crippen LogP contribution in [0.2, 0.25) is 0 Å². The van der Waals surface area contributed by atoms with Gasteiger partial charge in [-0.25, -0.2) is 0 Å². The van der Waals surface area contributed by atoms with Crippen molar-refractivity contribution in [3.63, 3.8) is 0 Å². The molecule has 4 nitrogen and oxygen atoms in total. The minimum absolute atomic E-state index is 0.0414. The lowest BCUT2D eigenvalue weighted by Gasteiger charge is -2.41. The van der Waals surface area contributed by atoms with Crippen molar-refractivity contribution in [3.05, 3.63) is 0 Å². The van der Waals surface area contributed by atoms with Gasteiger partial charge in [-0.1, -0.05) is 6.92 Å². The van der Waals surface area contributed by atoms with E-state index in [2.05, 4.69) is 24.1 Å². The third-order valence-corrected chi connectivity index (χ3v) is 4.88. The van der Waals surface area contributed by atoms with E-state index < -0.39 is 0 Å². The summed E-state index contributed by atoms with van der Waals surface area (Å²) in [6.07, 6.45) is 4.82. The van der Waals surface area contributed by atoms with Crippen LogP contribution in [-0.2, 0) is 9.47 Å². The highest BCUT2D eigenvalue weighted by atomic mass is 16.5. The Hall–Kier alpha value is -0.160. The molecule has 118 valence electrons. The fraction of sp³-hybridized carbons (Fsp3) is 1.00. The molecule has 0 aromatic carbocycles. The number of likely N-dealkylation sites (tertiary alicyclic amines) is 1. The van der Waals surface area contributed by atoms with Crippen LogP contribution in [0.15, 0.2) is 0 Å². The number of nitrogens with one attached hydrogen (secondary N) is 1. The quantitative estimate of drug-likeness (QED) is 0.774. The smallest absolute Gasteiger partial charge is 0.0777 e. The Morgan fingerprint density at radius 1 is 1.50 bits per heavy atom. The van der Waals surface area contributed by atoms with Gasteiger partial charge in [0.05, 0.1) is 12.2 Å². The summed E-state index contributed by atoms with van der Waals surface area (Å²) >= 11 is 0. The average Bonchev–Trinajstić information content (AvgIpc) is 2.97. The van der Waals surface area contributed by atoms with Crippen LogP contribution in [-0.4, -0.2) is 63.0 Å². The van der Waals surface area contributed by atoms with E-state index in [1.165, 1.54) is 32.2 Å². The van der Waals surface area contributed by atoms with Gasteiger partial charge in [0.2, 0.25) is 0 Å². The summed E-state index contributed by atoms with van der Waals surface area (Å²) in [5.41, 5.74) is 0.0414. The van der Waals surface area contributed by atoms with Gasteiger partial charge in [-0.3, -0.25) is 4.90 Å². The molecule has 2 saturated heterocycles. The van der Waals surface area contributed by atoms with Crippen molar-refractivity contribution < 1.29 is 9.47 Å². The monoisotopic (exact) mass is 284 g/mol. The van der Waals surface area contributed by atoms with E-state index in [0.717, 1.165) is 32.8 Å². The number of hydrogen-bond acceptors (Lipinski definition) is 4. The second-order valence-electron chi connectivity index (χ2n) is 6.68. The van der Waals surface area contributed by atoms with Gasteiger partial charge in [-0.05, 0) is 45.7 Å². The molecule has 20 heavy (non-hydrogen) atoms. The molecule has 0 amide bonds. The van der Waals surface area contributed by atoms with Crippen molar-refractivity contribution in [2.45, 2.75) is 51.2 Å². The molecule has 3 unspecified atom stereocenters. The Bertz CT molecular complexity index is 282. The zero-order valence-corrected chi connectivity index (χ0v) is 13.5. The topological polar surface area (TPSA) is 33.7 Å². The van der Waals surface area contributed by atoms with Gasteiger partial charge in [0.25, 0.3) is 0 Å². The van der Waals surface area contributed by atoms with Gasteiger partial charge >= 0.3 is 0 Å². The molecule has 2 aliphatic heterocycles. The number of nitrogens with zero attached hydrogens (tertiary/aromatic N) is 1. The minimum Gasteiger partial charge on any atom is -0.381 e. The largest absolute Gasteiger partial charge is 0.381 e. The molecule has 3 atom stereocenters. The second kappa shape index (κ2) is 7.74. The second-order valence-corrected chi connectivity index (χ2v) is 6.68. The van der Waals surface area contributed by atoms with E-state index in [1.54, 1.807) is 0 Å². The third-order valence-electron chi connectivity index (χ3n) is 4.88. The van der Waals surface area contributed by atoms with E-state index in [4.69, 9.17) is 9.47 Å². The molecule has 1 N–H and O–H groups in total. The Kier molecular flexibility index (Phi) is 6.27. The normalized spacial score (nSPS) is 33.5. The lowest BCUT2D eigenvalue weighted by Crippen LogP contribution is -2.53. The Morgan fingerprint density at radius 3 is 3.00 bits per heavy atom. The van der Waals surface area contributed by atoms with E-state index >= 15 is 0 Å². The van der Waals surface area contributed by atoms with Crippen molar-refractivity contribution in [2.24, 2.45) is 5.92 Å². The lowest BCUT2D eigenvalue weighted by molar-refractivity contribution is -0.0535. The van der Waals surface area contributed by atoms with Crippen LogP contribution in [0.4, 0.5) is 0 Å². The van der Waals surface area contributed by atoms with E-state index in [0.29, 0.717) is 12.0 Å². The molecule has 0 radical (unpaired) electrons. The Labute approximate surface area is 124 Å². The first-order valence-corrected chi connectivity index (χ1v) is 8.25. The van der Waals surface area contributed by atoms with Crippen LogP contribution in [0, 0.1) is 5.92 Å². The van der Waals surface area contributed by atoms with Gasteiger partial charge in [-0.15, -0.1) is 0 Å². The summed E-state index contributed by atoms with van der Waals surface area (Å²) < 4.78 is 11.3. The summed E-state index contributed by atoms with van der Waals surface area (Å²) in [5.74, 6) is 0.678. The fourth-order valence-electron chi connectivity index (χ4n) is 3.49. The van der Waals surface area contributed by atoms with Gasteiger partial charge in [-0.2, -0.15) is 0 Å². The molecule has 0 aromatic heterocycles. The number of ether oxygens (including phenoxy) is 2. The van der Waals surface area contributed by atoms with Gasteiger partial charge in [0.1, 0.15) is 0 Å². The number of methoxy groups -OCH3 is 1. The average molecular weight is 284 g/mol. The number of rotatable bonds is 7. The molecule has 2 heterocycles. The molecular formula is C16H32N2O2. The summed E-state index contributed by atoms with van der Waals surface area (Å²) in [6.45, 7) is 10.8. The van der Waals surface area contributed by atoms with Gasteiger partial charge < -0.3 is 14.8 Å². The molecule has 0 aromatic rings. The first kappa shape index (κ1) is 16.2. The number of hydrogen-bond donors (Lipinski definition) is 1. The molecule has 0 aliphatic carbocycles. The minimum atomic E-state index is 0.0414. The van der Waals surface area contributed by atoms with Crippen LogP contribution in [0.5, 0.6) is 0 Å². The molecule has 0 spiro atoms. The van der Waals surface area contributed by atoms with Gasteiger partial charge in [0.15, 0.2) is 0 Å². The maximum absolute atomic E-state index is 5.71. The molecular weight excluding hydrogens is 252 g/mol. The number of piperidine rings is 1. The maximum atomic E-state index is 5.71. The van der Waals surface area contributed by atoms with Crippen LogP contribution in [0.1, 0.15) is 39.5 Å². The molecule has 2 aliphatic rings. The summed E-state index contributed by atoms with van der Waals surface area (Å²) in [5, 5.41) is 3.74. The van der Waals surface area contributed by atoms with Crippen LogP contribution in [0.3, 0.4) is 0 Å². The SMILES string of the molecule is CCCNC(CN1CCCC(C)(OC)C1)C1CCOC1. The first-order chi connectivity index (χ1) is 9.67. The van der Waals surface area contributed by atoms with E-state index in [9.17, 15) is 0 Å². The van der Waals surface area contributed by atoms with Crippen molar-refractivity contribution in [3.8, 4) is 0 Å². The highest BCUT2D eigenvalue weighted by Crippen LogP contribution is 2.25. The van der Waals surface area contributed by atoms with Crippen molar-refractivity contribution in [1.29, 1.82) is 0 Å². The maximum Gasteiger partial charge on any atom is 0.0777 e. The van der Waals surface area contributed by atoms with Crippen LogP contribution >= 0.6 is 0 Å². The predicted octanol–water partition coefficient (Wildman–Crippen LogP) is 1.89. The molecule has 2 rings (SSSR count). The summed E-state index contributed by atoms with van der Waals surface area (Å²) in [6, 6.07) is 0.566. The molecule has 0 saturated carbocycles. The van der Waals surface area contributed by atoms with Crippen LogP contribution < -0.4 is 5.32 Å². The zero-order chi connectivity index (χ0) is 14.4. The highest BCUT2D eigenvalue weighted by molar-refractivity contribution is 4.89. The van der Waals surface area contributed by atoms with Crippen molar-refractivity contribution in [1.82, 2.24) is 10.2 Å². The van der Waals surface area contributed by atoms with Crippen molar-refractivity contribution >= 4 is 0 Å². The standard InChI is InChI=1S/C16H32N2O2/c1-4-8-17-15(14-6-10-20-12-14)11-18-9-5-7-16(2,13-18)19-3/h14-15,17H,4-13H2,1-3H3. The molecule has 2 fully saturated rings. The lowest BCUT2D eigenvalue weighted by atomic mass is 9.92. The highest BCUT2D eigenvalue weighted by Gasteiger charge is 2.33. The van der Waals surface area contributed by atoms with Crippen LogP contribution in [0.25, 0.3) is 0 Å². The summed E-state index contributed by atoms with van der Waals surface area (Å²) in [7, 11) is 1.85. The van der Waals surface area contributed by atoms with E-state index in [1.807, 2.05) is 7.11 Å². The third kappa shape index (κ3) is 4.42.